The molecule has 0 aliphatic heterocycles. The van der Waals surface area contributed by atoms with Gasteiger partial charge >= 0.3 is 0 Å². The summed E-state index contributed by atoms with van der Waals surface area (Å²) in [6.45, 7) is 28.0. The van der Waals surface area contributed by atoms with Crippen LogP contribution in [0.5, 0.6) is 0 Å². The highest BCUT2D eigenvalue weighted by Crippen LogP contribution is 2.53. The van der Waals surface area contributed by atoms with Crippen LogP contribution in [0.1, 0.15) is 50.1 Å². The van der Waals surface area contributed by atoms with Gasteiger partial charge in [0, 0.05) is 70.8 Å². The van der Waals surface area contributed by atoms with Crippen LogP contribution in [0.3, 0.4) is 0 Å². The molecular formula is C79H60N8. The van der Waals surface area contributed by atoms with E-state index < -0.39 is 0 Å². The van der Waals surface area contributed by atoms with Crippen molar-refractivity contribution >= 4 is 92.9 Å². The van der Waals surface area contributed by atoms with E-state index in [1.807, 2.05) is 36.4 Å². The molecule has 0 aliphatic carbocycles. The molecule has 0 spiro atoms. The molecule has 0 fully saturated rings. The fourth-order valence-electron chi connectivity index (χ4n) is 14.0. The molecule has 0 amide bonds. The molecule has 0 saturated heterocycles. The first-order valence-corrected chi connectivity index (χ1v) is 29.9. The Morgan fingerprint density at radius 1 is 0.310 bits per heavy atom. The molecule has 0 unspecified atom stereocenters. The minimum absolute atomic E-state index is 0.365. The second-order valence-corrected chi connectivity index (χ2v) is 24.2. The summed E-state index contributed by atoms with van der Waals surface area (Å²) in [5, 5.41) is 9.09. The summed E-state index contributed by atoms with van der Waals surface area (Å²) in [5.41, 5.74) is 23.7. The van der Waals surface area contributed by atoms with E-state index in [2.05, 4.69) is 244 Å². The monoisotopic (exact) mass is 1120 g/mol. The topological polar surface area (TPSA) is 62.8 Å². The van der Waals surface area contributed by atoms with Crippen molar-refractivity contribution in [1.82, 2.24) is 33.2 Å². The van der Waals surface area contributed by atoms with Gasteiger partial charge in [0.2, 0.25) is 5.69 Å². The summed E-state index contributed by atoms with van der Waals surface area (Å²) in [7, 11) is 0. The summed E-state index contributed by atoms with van der Waals surface area (Å²) in [5.74, 6) is 1.40. The van der Waals surface area contributed by atoms with Crippen molar-refractivity contribution in [3.05, 3.63) is 268 Å². The van der Waals surface area contributed by atoms with Crippen LogP contribution in [-0.2, 0) is 6.54 Å². The molecule has 16 aromatic rings. The normalized spacial score (nSPS) is 11.9. The Balaban J connectivity index is 1.24. The quantitative estimate of drug-likeness (QED) is 0.142. The predicted octanol–water partition coefficient (Wildman–Crippen LogP) is 20.3. The van der Waals surface area contributed by atoms with E-state index in [1.165, 1.54) is 33.0 Å². The Labute approximate surface area is 504 Å². The van der Waals surface area contributed by atoms with Gasteiger partial charge in [-0.3, -0.25) is 0 Å². The Morgan fingerprint density at radius 3 is 0.908 bits per heavy atom. The van der Waals surface area contributed by atoms with Gasteiger partial charge < -0.3 is 18.3 Å². The van der Waals surface area contributed by atoms with E-state index in [9.17, 15) is 6.57 Å². The molecule has 0 atom stereocenters. The van der Waals surface area contributed by atoms with Gasteiger partial charge in [-0.2, -0.15) is 0 Å². The fraction of sp³-hybridized carbons (Fsp3) is 0.114. The molecule has 5 heterocycles. The molecule has 0 bridgehead atoms. The van der Waals surface area contributed by atoms with E-state index >= 15 is 0 Å². The summed E-state index contributed by atoms with van der Waals surface area (Å²) < 4.78 is 9.88. The van der Waals surface area contributed by atoms with Gasteiger partial charge in [-0.05, 0) is 152 Å². The SMILES string of the molecule is [C-]#[N+]c1c(-c2nc(-c3ccccc3)nc(-c3ccccc3)n2)c(-n2c3ccc(C)cc3c3cc(C)ccc32)c(Cn2c3ccc(C)cc3c3cc(C)ccc32)c(-n2c3ccc(C)cc3c3cc(C)ccc32)c1-n1c2ccc(C)cc2c2cc(C)ccc21. The third-order valence-electron chi connectivity index (χ3n) is 17.9. The second-order valence-electron chi connectivity index (χ2n) is 24.2. The Kier molecular flexibility index (Phi) is 11.7. The molecule has 0 N–H and O–H groups in total. The predicted molar refractivity (Wildman–Crippen MR) is 362 cm³/mol. The zero-order valence-corrected chi connectivity index (χ0v) is 49.9. The Hall–Kier alpha value is -10.9. The molecule has 11 aromatic carbocycles. The number of benzene rings is 11. The lowest BCUT2D eigenvalue weighted by atomic mass is 9.96. The number of nitrogens with zero attached hydrogens (tertiary/aromatic N) is 8. The van der Waals surface area contributed by atoms with Crippen molar-refractivity contribution in [3.63, 3.8) is 0 Å². The molecule has 16 rings (SSSR count). The summed E-state index contributed by atoms with van der Waals surface area (Å²) >= 11 is 0. The van der Waals surface area contributed by atoms with Gasteiger partial charge in [-0.25, -0.2) is 19.8 Å². The van der Waals surface area contributed by atoms with Crippen molar-refractivity contribution < 1.29 is 0 Å². The number of rotatable bonds is 8. The van der Waals surface area contributed by atoms with Gasteiger partial charge in [0.15, 0.2) is 17.5 Å². The van der Waals surface area contributed by atoms with Gasteiger partial charge in [-0.1, -0.05) is 154 Å². The molecule has 0 aliphatic rings. The zero-order chi connectivity index (χ0) is 59.1. The van der Waals surface area contributed by atoms with E-state index in [4.69, 9.17) is 19.8 Å². The Bertz CT molecular complexity index is 5350. The van der Waals surface area contributed by atoms with Gasteiger partial charge in [0.25, 0.3) is 0 Å². The Morgan fingerprint density at radius 2 is 0.586 bits per heavy atom. The maximum absolute atomic E-state index is 10.2. The molecule has 8 heteroatoms. The average Bonchev–Trinajstić information content (AvgIpc) is 1.70. The third kappa shape index (κ3) is 8.07. The summed E-state index contributed by atoms with van der Waals surface area (Å²) in [4.78, 5) is 21.8. The van der Waals surface area contributed by atoms with Crippen LogP contribution in [0.15, 0.2) is 206 Å². The number of hydrogen-bond acceptors (Lipinski definition) is 3. The maximum Gasteiger partial charge on any atom is 0.225 e. The lowest BCUT2D eigenvalue weighted by Crippen LogP contribution is -2.16. The van der Waals surface area contributed by atoms with Crippen LogP contribution in [0.4, 0.5) is 5.69 Å². The largest absolute Gasteiger partial charge is 0.336 e. The molecule has 8 nitrogen and oxygen atoms in total. The molecule has 0 saturated carbocycles. The fourth-order valence-corrected chi connectivity index (χ4v) is 14.0. The molecule has 0 radical (unpaired) electrons. The molecular weight excluding hydrogens is 1060 g/mol. The minimum atomic E-state index is 0.365. The minimum Gasteiger partial charge on any atom is -0.336 e. The number of fused-ring (bicyclic) bond motifs is 12. The standard InChI is InChI=1S/C79H60N8/c1-45-20-28-64-55(36-45)56-37-46(2)21-29-65(56)84(64)44-63-74(85-66-30-22-47(3)38-57(66)58-39-48(4)23-31-67(58)85)72(79-82-77(53-16-12-10-13-17-53)81-78(83-79)54-18-14-11-15-19-54)73(80-9)76(87-70-34-26-51(7)42-61(70)62-43-52(8)27-35-71(62)87)75(63)86-68-32-24-49(5)40-59(68)60-41-50(6)25-33-69(60)86/h10-43H,44H2,1-8H3. The average molecular weight is 1120 g/mol. The van der Waals surface area contributed by atoms with Crippen molar-refractivity contribution in [2.45, 2.75) is 61.9 Å². The number of aromatic nitrogens is 7. The van der Waals surface area contributed by atoms with Crippen LogP contribution in [-0.4, -0.2) is 33.2 Å². The molecule has 416 valence electrons. The van der Waals surface area contributed by atoms with Crippen molar-refractivity contribution in [1.29, 1.82) is 0 Å². The van der Waals surface area contributed by atoms with Gasteiger partial charge in [0.05, 0.1) is 68.8 Å². The highest BCUT2D eigenvalue weighted by Gasteiger charge is 2.35. The first-order valence-electron chi connectivity index (χ1n) is 29.9. The van der Waals surface area contributed by atoms with E-state index in [0.29, 0.717) is 35.3 Å². The number of hydrogen-bond donors (Lipinski definition) is 0. The third-order valence-corrected chi connectivity index (χ3v) is 17.9. The highest BCUT2D eigenvalue weighted by molar-refractivity contribution is 6.16. The number of aryl methyl sites for hydroxylation is 8. The first kappa shape index (κ1) is 51.7. The van der Waals surface area contributed by atoms with Gasteiger partial charge in [0.1, 0.15) is 0 Å². The van der Waals surface area contributed by atoms with E-state index in [-0.39, 0.29) is 0 Å². The van der Waals surface area contributed by atoms with Crippen molar-refractivity contribution in [3.8, 4) is 51.2 Å². The first-order chi connectivity index (χ1) is 42.4. The highest BCUT2D eigenvalue weighted by atomic mass is 15.1. The summed E-state index contributed by atoms with van der Waals surface area (Å²) in [6, 6.07) is 75.0. The molecule has 5 aromatic heterocycles. The van der Waals surface area contributed by atoms with Crippen LogP contribution in [0.2, 0.25) is 0 Å². The zero-order valence-electron chi connectivity index (χ0n) is 49.9. The van der Waals surface area contributed by atoms with Crippen LogP contribution in [0.25, 0.3) is 143 Å². The smallest absolute Gasteiger partial charge is 0.225 e. The van der Waals surface area contributed by atoms with E-state index in [1.54, 1.807) is 0 Å². The van der Waals surface area contributed by atoms with Crippen LogP contribution < -0.4 is 0 Å². The lowest BCUT2D eigenvalue weighted by molar-refractivity contribution is 0.846. The second kappa shape index (κ2) is 19.6. The van der Waals surface area contributed by atoms with Crippen molar-refractivity contribution in [2.24, 2.45) is 0 Å². The van der Waals surface area contributed by atoms with Crippen LogP contribution >= 0.6 is 0 Å². The van der Waals surface area contributed by atoms with E-state index in [0.717, 1.165) is 132 Å². The molecule has 87 heavy (non-hydrogen) atoms. The lowest BCUT2D eigenvalue weighted by Gasteiger charge is -2.29. The maximum atomic E-state index is 10.2. The van der Waals surface area contributed by atoms with Crippen LogP contribution in [0, 0.1) is 62.0 Å². The van der Waals surface area contributed by atoms with Gasteiger partial charge in [-0.15, -0.1) is 0 Å². The van der Waals surface area contributed by atoms with Crippen molar-refractivity contribution in [2.75, 3.05) is 0 Å². The summed E-state index contributed by atoms with van der Waals surface area (Å²) in [6.07, 6.45) is 0.